The van der Waals surface area contributed by atoms with Gasteiger partial charge in [-0.2, -0.15) is 5.10 Å². The van der Waals surface area contributed by atoms with Gasteiger partial charge in [-0.25, -0.2) is 0 Å². The Kier molecular flexibility index (Phi) is 5.44. The van der Waals surface area contributed by atoms with Crippen molar-refractivity contribution in [2.45, 2.75) is 26.3 Å². The fourth-order valence-electron chi connectivity index (χ4n) is 1.55. The molecule has 1 amide bonds. The highest BCUT2D eigenvalue weighted by molar-refractivity contribution is 6.31. The first kappa shape index (κ1) is 14.0. The van der Waals surface area contributed by atoms with Crippen molar-refractivity contribution in [2.24, 2.45) is 7.05 Å². The minimum Gasteiger partial charge on any atom is -0.359 e. The van der Waals surface area contributed by atoms with Crippen LogP contribution in [-0.4, -0.2) is 29.3 Å². The summed E-state index contributed by atoms with van der Waals surface area (Å²) in [6, 6.07) is 0. The van der Waals surface area contributed by atoms with Crippen molar-refractivity contribution in [2.75, 3.05) is 13.6 Å². The number of carbonyl (C=O) groups is 1. The number of aryl methyl sites for hydroxylation is 2. The largest absolute Gasteiger partial charge is 0.359 e. The van der Waals surface area contributed by atoms with E-state index in [0.29, 0.717) is 19.5 Å². The molecule has 0 aliphatic rings. The second kappa shape index (κ2) is 6.61. The second-order valence-corrected chi connectivity index (χ2v) is 4.16. The minimum absolute atomic E-state index is 0.0304. The lowest BCUT2D eigenvalue weighted by atomic mass is 10.3. The van der Waals surface area contributed by atoms with E-state index in [4.69, 9.17) is 11.6 Å². The van der Waals surface area contributed by atoms with E-state index >= 15 is 0 Å². The van der Waals surface area contributed by atoms with Crippen LogP contribution in [0.25, 0.3) is 0 Å². The number of amides is 1. The van der Waals surface area contributed by atoms with E-state index in [0.717, 1.165) is 22.8 Å². The van der Waals surface area contributed by atoms with Gasteiger partial charge in [0, 0.05) is 33.6 Å². The Bertz CT molecular complexity index is 389. The van der Waals surface area contributed by atoms with Gasteiger partial charge in [-0.3, -0.25) is 9.48 Å². The predicted molar refractivity (Wildman–Crippen MR) is 68.0 cm³/mol. The minimum atomic E-state index is 0.0304. The third kappa shape index (κ3) is 3.71. The molecule has 0 aliphatic carbocycles. The predicted octanol–water partition coefficient (Wildman–Crippen LogP) is 0.862. The maximum atomic E-state index is 11.0. The summed E-state index contributed by atoms with van der Waals surface area (Å²) in [5.74, 6) is 0.0304. The van der Waals surface area contributed by atoms with Crippen LogP contribution in [0.3, 0.4) is 0 Å². The Labute approximate surface area is 107 Å². The maximum absolute atomic E-state index is 11.0. The van der Waals surface area contributed by atoms with Crippen molar-refractivity contribution in [3.8, 4) is 0 Å². The Hall–Kier alpha value is -1.07. The second-order valence-electron chi connectivity index (χ2n) is 3.78. The smallest absolute Gasteiger partial charge is 0.221 e. The molecule has 1 aromatic heterocycles. The number of nitrogens with one attached hydrogen (secondary N) is 2. The van der Waals surface area contributed by atoms with Gasteiger partial charge in [0.1, 0.15) is 0 Å². The number of nitrogens with zero attached hydrogens (tertiary/aromatic N) is 2. The van der Waals surface area contributed by atoms with Gasteiger partial charge in [-0.1, -0.05) is 18.5 Å². The molecule has 2 N–H and O–H groups in total. The van der Waals surface area contributed by atoms with Crippen molar-refractivity contribution in [3.63, 3.8) is 0 Å². The highest BCUT2D eigenvalue weighted by Crippen LogP contribution is 2.20. The quantitative estimate of drug-likeness (QED) is 0.745. The molecule has 1 rings (SSSR count). The molecule has 0 fully saturated rings. The van der Waals surface area contributed by atoms with Crippen LogP contribution in [0.5, 0.6) is 0 Å². The van der Waals surface area contributed by atoms with E-state index in [2.05, 4.69) is 15.7 Å². The van der Waals surface area contributed by atoms with Crippen molar-refractivity contribution in [1.82, 2.24) is 20.4 Å². The fourth-order valence-corrected chi connectivity index (χ4v) is 1.91. The Morgan fingerprint density at radius 1 is 1.53 bits per heavy atom. The molecule has 96 valence electrons. The van der Waals surface area contributed by atoms with Crippen LogP contribution in [0.4, 0.5) is 0 Å². The number of hydrogen-bond donors (Lipinski definition) is 2. The van der Waals surface area contributed by atoms with E-state index in [-0.39, 0.29) is 5.91 Å². The third-order valence-corrected chi connectivity index (χ3v) is 3.04. The van der Waals surface area contributed by atoms with Crippen LogP contribution in [0.2, 0.25) is 5.02 Å². The molecule has 1 heterocycles. The van der Waals surface area contributed by atoms with E-state index in [1.807, 2.05) is 14.0 Å². The number of aromatic nitrogens is 2. The molecule has 0 aromatic carbocycles. The molecule has 6 heteroatoms. The number of carbonyl (C=O) groups excluding carboxylic acids is 1. The molecule has 5 nitrogen and oxygen atoms in total. The Morgan fingerprint density at radius 2 is 2.24 bits per heavy atom. The third-order valence-electron chi connectivity index (χ3n) is 2.60. The van der Waals surface area contributed by atoms with E-state index < -0.39 is 0 Å². The zero-order chi connectivity index (χ0) is 12.8. The normalized spacial score (nSPS) is 10.6. The summed E-state index contributed by atoms with van der Waals surface area (Å²) < 4.78 is 1.79. The van der Waals surface area contributed by atoms with Crippen LogP contribution in [0.1, 0.15) is 24.7 Å². The highest BCUT2D eigenvalue weighted by Gasteiger charge is 2.12. The first-order valence-corrected chi connectivity index (χ1v) is 6.09. The molecule has 0 bridgehead atoms. The van der Waals surface area contributed by atoms with Crippen LogP contribution in [0.15, 0.2) is 0 Å². The van der Waals surface area contributed by atoms with Crippen LogP contribution in [-0.2, 0) is 24.8 Å². The molecule has 0 atom stereocenters. The molecule has 0 saturated carbocycles. The first-order chi connectivity index (χ1) is 8.10. The average molecular weight is 259 g/mol. The summed E-state index contributed by atoms with van der Waals surface area (Å²) in [6.45, 7) is 3.28. The first-order valence-electron chi connectivity index (χ1n) is 5.71. The van der Waals surface area contributed by atoms with E-state index in [9.17, 15) is 4.79 Å². The van der Waals surface area contributed by atoms with Gasteiger partial charge in [-0.15, -0.1) is 0 Å². The summed E-state index contributed by atoms with van der Waals surface area (Å²) in [5, 5.41) is 10.8. The van der Waals surface area contributed by atoms with Crippen molar-refractivity contribution < 1.29 is 4.79 Å². The lowest BCUT2D eigenvalue weighted by molar-refractivity contribution is -0.120. The molecule has 0 aliphatic heterocycles. The average Bonchev–Trinajstić information content (AvgIpc) is 2.60. The van der Waals surface area contributed by atoms with Gasteiger partial charge in [0.25, 0.3) is 0 Å². The zero-order valence-corrected chi connectivity index (χ0v) is 11.3. The van der Waals surface area contributed by atoms with Crippen LogP contribution >= 0.6 is 11.6 Å². The Morgan fingerprint density at radius 3 is 2.76 bits per heavy atom. The maximum Gasteiger partial charge on any atom is 0.221 e. The van der Waals surface area contributed by atoms with Crippen molar-refractivity contribution in [3.05, 3.63) is 16.4 Å². The molecule has 1 aromatic rings. The van der Waals surface area contributed by atoms with Gasteiger partial charge >= 0.3 is 0 Å². The summed E-state index contributed by atoms with van der Waals surface area (Å²) in [5.41, 5.74) is 1.87. The topological polar surface area (TPSA) is 59.0 Å². The molecule has 0 unspecified atom stereocenters. The van der Waals surface area contributed by atoms with Crippen LogP contribution in [0, 0.1) is 0 Å². The standard InChI is InChI=1S/C11H19ClN4O/c1-4-8-11(12)9(16(3)15-8)7-14-6-5-10(17)13-2/h14H,4-7H2,1-3H3,(H,13,17). The zero-order valence-electron chi connectivity index (χ0n) is 10.5. The monoisotopic (exact) mass is 258 g/mol. The van der Waals surface area contributed by atoms with Crippen molar-refractivity contribution in [1.29, 1.82) is 0 Å². The lowest BCUT2D eigenvalue weighted by Crippen LogP contribution is -2.25. The van der Waals surface area contributed by atoms with Gasteiger partial charge in [0.15, 0.2) is 0 Å². The lowest BCUT2D eigenvalue weighted by Gasteiger charge is -2.05. The van der Waals surface area contributed by atoms with E-state index in [1.165, 1.54) is 0 Å². The molecule has 17 heavy (non-hydrogen) atoms. The Balaban J connectivity index is 2.46. The number of halogens is 1. The van der Waals surface area contributed by atoms with Crippen LogP contribution < -0.4 is 10.6 Å². The van der Waals surface area contributed by atoms with E-state index in [1.54, 1.807) is 11.7 Å². The number of hydrogen-bond acceptors (Lipinski definition) is 3. The van der Waals surface area contributed by atoms with Gasteiger partial charge in [0.2, 0.25) is 5.91 Å². The van der Waals surface area contributed by atoms with Crippen molar-refractivity contribution >= 4 is 17.5 Å². The van der Waals surface area contributed by atoms with Gasteiger partial charge < -0.3 is 10.6 Å². The summed E-state index contributed by atoms with van der Waals surface area (Å²) >= 11 is 6.20. The van der Waals surface area contributed by atoms with Gasteiger partial charge in [0.05, 0.1) is 16.4 Å². The number of rotatable bonds is 6. The summed E-state index contributed by atoms with van der Waals surface area (Å²) in [7, 11) is 3.51. The molecule has 0 radical (unpaired) electrons. The molecule has 0 spiro atoms. The highest BCUT2D eigenvalue weighted by atomic mass is 35.5. The summed E-state index contributed by atoms with van der Waals surface area (Å²) in [6.07, 6.45) is 1.29. The van der Waals surface area contributed by atoms with Gasteiger partial charge in [-0.05, 0) is 6.42 Å². The molecular weight excluding hydrogens is 240 g/mol. The fraction of sp³-hybridized carbons (Fsp3) is 0.636. The molecular formula is C11H19ClN4O. The molecule has 0 saturated heterocycles. The SMILES string of the molecule is CCc1nn(C)c(CNCCC(=O)NC)c1Cl. The summed E-state index contributed by atoms with van der Waals surface area (Å²) in [4.78, 5) is 11.0.